The number of rotatable bonds is 10. The zero-order valence-corrected chi connectivity index (χ0v) is 21.8. The van der Waals surface area contributed by atoms with Gasteiger partial charge < -0.3 is 19.6 Å². The van der Waals surface area contributed by atoms with Gasteiger partial charge >= 0.3 is 5.97 Å². The van der Waals surface area contributed by atoms with E-state index in [1.54, 1.807) is 24.3 Å². The molecule has 1 saturated carbocycles. The second-order valence-corrected chi connectivity index (χ2v) is 11.5. The molecule has 3 aliphatic heterocycles. The molecule has 6 heteroatoms. The highest BCUT2D eigenvalue weighted by molar-refractivity contribution is 5.85. The minimum Gasteiger partial charge on any atom is -0.453 e. The summed E-state index contributed by atoms with van der Waals surface area (Å²) < 4.78 is 7.10. The van der Waals surface area contributed by atoms with Crippen molar-refractivity contribution in [1.29, 1.82) is 0 Å². The van der Waals surface area contributed by atoms with Gasteiger partial charge in [-0.15, -0.1) is 0 Å². The molecule has 3 heterocycles. The van der Waals surface area contributed by atoms with Crippen LogP contribution in [0.2, 0.25) is 0 Å². The summed E-state index contributed by atoms with van der Waals surface area (Å²) in [5.74, 6) is 0.507. The number of carbonyl (C=O) groups excluding carboxylic acids is 2. The number of benzene rings is 2. The summed E-state index contributed by atoms with van der Waals surface area (Å²) in [6.45, 7) is 4.66. The Bertz CT molecular complexity index is 1000. The minimum absolute atomic E-state index is 0.192. The van der Waals surface area contributed by atoms with Crippen LogP contribution in [0.25, 0.3) is 0 Å². The van der Waals surface area contributed by atoms with Crippen LogP contribution in [0.4, 0.5) is 0 Å². The van der Waals surface area contributed by atoms with Crippen molar-refractivity contribution in [1.82, 2.24) is 5.32 Å². The van der Waals surface area contributed by atoms with Crippen molar-refractivity contribution in [3.8, 4) is 0 Å². The molecule has 2 aromatic rings. The maximum atomic E-state index is 13.7. The van der Waals surface area contributed by atoms with E-state index in [2.05, 4.69) is 5.32 Å². The molecule has 1 amide bonds. The summed E-state index contributed by atoms with van der Waals surface area (Å²) in [5, 5.41) is 14.9. The van der Waals surface area contributed by atoms with Gasteiger partial charge in [-0.3, -0.25) is 4.79 Å². The van der Waals surface area contributed by atoms with Gasteiger partial charge in [-0.25, -0.2) is 4.79 Å². The molecule has 0 unspecified atom stereocenters. The first kappa shape index (κ1) is 25.9. The van der Waals surface area contributed by atoms with Gasteiger partial charge in [0, 0.05) is 38.1 Å². The highest BCUT2D eigenvalue weighted by Crippen LogP contribution is 2.38. The predicted molar refractivity (Wildman–Crippen MR) is 142 cm³/mol. The molecule has 3 saturated heterocycles. The van der Waals surface area contributed by atoms with E-state index in [9.17, 15) is 14.7 Å². The van der Waals surface area contributed by atoms with Gasteiger partial charge in [0.05, 0.1) is 19.6 Å². The first-order chi connectivity index (χ1) is 18.0. The number of fused-ring (bicyclic) bond motifs is 3. The molecule has 6 nitrogen and oxygen atoms in total. The number of hydrogen-bond acceptors (Lipinski definition) is 4. The Hall–Kier alpha value is -2.70. The van der Waals surface area contributed by atoms with Crippen LogP contribution < -0.4 is 5.32 Å². The maximum Gasteiger partial charge on any atom is 0.348 e. The van der Waals surface area contributed by atoms with E-state index in [-0.39, 0.29) is 12.0 Å². The van der Waals surface area contributed by atoms with Crippen LogP contribution >= 0.6 is 0 Å². The highest BCUT2D eigenvalue weighted by atomic mass is 16.6. The molecule has 2 N–H and O–H groups in total. The Labute approximate surface area is 220 Å². The molecular formula is C31H41N2O4+. The lowest BCUT2D eigenvalue weighted by Crippen LogP contribution is -2.65. The van der Waals surface area contributed by atoms with E-state index < -0.39 is 11.6 Å². The summed E-state index contributed by atoms with van der Waals surface area (Å²) in [4.78, 5) is 26.0. The summed E-state index contributed by atoms with van der Waals surface area (Å²) >= 11 is 0. The number of carbonyl (C=O) groups is 2. The summed E-state index contributed by atoms with van der Waals surface area (Å²) in [5.41, 5.74) is -0.808. The largest absolute Gasteiger partial charge is 0.453 e. The van der Waals surface area contributed by atoms with Crippen molar-refractivity contribution < 1.29 is 23.9 Å². The van der Waals surface area contributed by atoms with Crippen molar-refractivity contribution in [2.75, 3.05) is 32.7 Å². The Morgan fingerprint density at radius 2 is 1.51 bits per heavy atom. The van der Waals surface area contributed by atoms with E-state index in [1.807, 2.05) is 36.4 Å². The minimum atomic E-state index is -1.84. The quantitative estimate of drug-likeness (QED) is 0.289. The number of nitrogens with zero attached hydrogens (tertiary/aromatic N) is 1. The summed E-state index contributed by atoms with van der Waals surface area (Å²) in [6.07, 6.45) is 8.37. The van der Waals surface area contributed by atoms with Crippen molar-refractivity contribution in [2.45, 2.75) is 63.1 Å². The van der Waals surface area contributed by atoms with Crippen molar-refractivity contribution in [3.05, 3.63) is 71.8 Å². The van der Waals surface area contributed by atoms with Crippen LogP contribution in [0, 0.1) is 11.8 Å². The van der Waals surface area contributed by atoms with E-state index in [0.717, 1.165) is 49.9 Å². The fourth-order valence-corrected chi connectivity index (χ4v) is 6.84. The van der Waals surface area contributed by atoms with Gasteiger partial charge in [-0.1, -0.05) is 73.5 Å². The number of amides is 1. The number of hydrogen-bond donors (Lipinski definition) is 2. The van der Waals surface area contributed by atoms with E-state index in [4.69, 9.17) is 4.74 Å². The van der Waals surface area contributed by atoms with Crippen LogP contribution in [0.5, 0.6) is 0 Å². The van der Waals surface area contributed by atoms with E-state index >= 15 is 0 Å². The van der Waals surface area contributed by atoms with E-state index in [1.165, 1.54) is 25.7 Å². The molecule has 37 heavy (non-hydrogen) atoms. The van der Waals surface area contributed by atoms with E-state index in [0.29, 0.717) is 35.9 Å². The van der Waals surface area contributed by atoms with Crippen molar-refractivity contribution >= 4 is 11.9 Å². The Morgan fingerprint density at radius 1 is 0.919 bits per heavy atom. The number of aliphatic hydroxyl groups is 1. The second kappa shape index (κ2) is 11.4. The molecular weight excluding hydrogens is 464 g/mol. The van der Waals surface area contributed by atoms with Crippen molar-refractivity contribution in [3.63, 3.8) is 0 Å². The number of piperidine rings is 3. The first-order valence-corrected chi connectivity index (χ1v) is 14.1. The number of quaternary nitrogens is 1. The van der Waals surface area contributed by atoms with Gasteiger partial charge in [-0.05, 0) is 29.9 Å². The average Bonchev–Trinajstić information content (AvgIpc) is 3.45. The third kappa shape index (κ3) is 5.75. The molecule has 2 aromatic carbocycles. The third-order valence-corrected chi connectivity index (χ3v) is 9.06. The highest BCUT2D eigenvalue weighted by Gasteiger charge is 2.50. The molecule has 198 valence electrons. The van der Waals surface area contributed by atoms with Crippen molar-refractivity contribution in [2.24, 2.45) is 11.8 Å². The van der Waals surface area contributed by atoms with Crippen LogP contribution in [0.15, 0.2) is 60.7 Å². The Balaban J connectivity index is 1.20. The molecule has 4 fully saturated rings. The van der Waals surface area contributed by atoms with Gasteiger partial charge in [0.2, 0.25) is 11.5 Å². The SMILES string of the molecule is O=C(CC1CCCC1)NCCC[N+]12CCC(CC1)[C@@H](OC(=O)C(O)(c1ccccc1)c1ccccc1)C2. The summed E-state index contributed by atoms with van der Waals surface area (Å²) in [7, 11) is 0. The molecule has 6 rings (SSSR count). The Morgan fingerprint density at radius 3 is 2.11 bits per heavy atom. The smallest absolute Gasteiger partial charge is 0.348 e. The maximum absolute atomic E-state index is 13.7. The predicted octanol–water partition coefficient (Wildman–Crippen LogP) is 4.16. The lowest BCUT2D eigenvalue weighted by atomic mass is 9.82. The zero-order chi connectivity index (χ0) is 25.7. The molecule has 1 atom stereocenters. The van der Waals surface area contributed by atoms with Gasteiger partial charge in [0.1, 0.15) is 6.54 Å². The average molecular weight is 506 g/mol. The molecule has 0 aromatic heterocycles. The van der Waals surface area contributed by atoms with Crippen LogP contribution in [-0.2, 0) is 19.9 Å². The lowest BCUT2D eigenvalue weighted by molar-refractivity contribution is -0.946. The lowest BCUT2D eigenvalue weighted by Gasteiger charge is -2.52. The van der Waals surface area contributed by atoms with Crippen LogP contribution in [0.1, 0.15) is 62.5 Å². The fourth-order valence-electron chi connectivity index (χ4n) is 6.84. The number of ether oxygens (including phenoxy) is 1. The van der Waals surface area contributed by atoms with Gasteiger partial charge in [0.15, 0.2) is 6.10 Å². The monoisotopic (exact) mass is 505 g/mol. The topological polar surface area (TPSA) is 75.6 Å². The van der Waals surface area contributed by atoms with Gasteiger partial charge in [0.25, 0.3) is 0 Å². The molecule has 0 radical (unpaired) electrons. The molecule has 2 bridgehead atoms. The summed E-state index contributed by atoms with van der Waals surface area (Å²) in [6, 6.07) is 18.2. The zero-order valence-electron chi connectivity index (χ0n) is 21.8. The normalized spacial score (nSPS) is 25.6. The first-order valence-electron chi connectivity index (χ1n) is 14.1. The molecule has 0 spiro atoms. The standard InChI is InChI=1S/C31H40N2O4/c34-29(22-24-10-7-8-11-24)32-18-9-19-33-20-16-25(17-21-33)28(23-33)37-30(35)31(36,26-12-3-1-4-13-26)27-14-5-2-6-15-27/h1-6,12-15,24-25,28,36H,7-11,16-23H2/p+1/t25?,28-,33?/m0/s1. The molecule has 4 aliphatic rings. The second-order valence-electron chi connectivity index (χ2n) is 11.5. The number of esters is 1. The van der Waals surface area contributed by atoms with Crippen LogP contribution in [-0.4, -0.2) is 60.3 Å². The van der Waals surface area contributed by atoms with Crippen LogP contribution in [0.3, 0.4) is 0 Å². The van der Waals surface area contributed by atoms with Gasteiger partial charge in [-0.2, -0.15) is 0 Å². The molecule has 1 aliphatic carbocycles. The number of nitrogens with one attached hydrogen (secondary N) is 1. The fraction of sp³-hybridized carbons (Fsp3) is 0.548. The Kier molecular flexibility index (Phi) is 7.96. The third-order valence-electron chi connectivity index (χ3n) is 9.06.